The molecule has 1 aromatic carbocycles. The highest BCUT2D eigenvalue weighted by atomic mass is 31.1. The number of amides is 1. The molecule has 2 N–H and O–H groups in total. The number of anilines is 1. The second kappa shape index (κ2) is 9.90. The van der Waals surface area contributed by atoms with E-state index < -0.39 is 30.8 Å². The zero-order chi connectivity index (χ0) is 26.3. The van der Waals surface area contributed by atoms with E-state index in [1.54, 1.807) is 20.0 Å². The fourth-order valence-corrected chi connectivity index (χ4v) is 6.34. The van der Waals surface area contributed by atoms with Crippen LogP contribution in [0, 0.1) is 12.7 Å². The summed E-state index contributed by atoms with van der Waals surface area (Å²) < 4.78 is 44.4. The number of nitrogens with one attached hydrogen (secondary N) is 1. The van der Waals surface area contributed by atoms with E-state index in [1.165, 1.54) is 12.1 Å². The van der Waals surface area contributed by atoms with Crippen molar-refractivity contribution in [1.29, 1.82) is 0 Å². The van der Waals surface area contributed by atoms with Crippen LogP contribution >= 0.6 is 7.92 Å². The van der Waals surface area contributed by atoms with Gasteiger partial charge in [0.1, 0.15) is 23.1 Å². The maximum Gasteiger partial charge on any atom is 0.303 e. The molecule has 7 nitrogen and oxygen atoms in total. The number of fused-ring (bicyclic) bond motifs is 1. The summed E-state index contributed by atoms with van der Waals surface area (Å²) in [7, 11) is -0.554. The predicted molar refractivity (Wildman–Crippen MR) is 135 cm³/mol. The SMILES string of the molecule is CC(=O)N1CCP(c2cc3c(NCc4cccc(C(F)(F)C(C)(C)O)c4F)nc(C)nc3cn2)CC1. The van der Waals surface area contributed by atoms with E-state index in [0.29, 0.717) is 35.6 Å². The van der Waals surface area contributed by atoms with Gasteiger partial charge in [-0.25, -0.2) is 14.4 Å². The molecule has 1 amide bonds. The number of hydrogen-bond acceptors (Lipinski definition) is 6. The zero-order valence-electron chi connectivity index (χ0n) is 20.6. The van der Waals surface area contributed by atoms with Gasteiger partial charge >= 0.3 is 5.92 Å². The number of alkyl halides is 2. The van der Waals surface area contributed by atoms with Crippen LogP contribution < -0.4 is 10.8 Å². The molecule has 0 radical (unpaired) electrons. The minimum atomic E-state index is -3.77. The standard InChI is InChI=1S/C25H29F3N5O2P/c1-15-31-20-14-29-21(36-10-8-33(9-11-36)16(2)34)12-18(20)23(32-15)30-13-17-6-5-7-19(22(17)26)25(27,28)24(3,4)35/h5-7,12,14,35H,8-11,13H2,1-4H3,(H,30,31,32). The Morgan fingerprint density at radius 1 is 1.22 bits per heavy atom. The van der Waals surface area contributed by atoms with Gasteiger partial charge in [-0.05, 0) is 45.2 Å². The third kappa shape index (κ3) is 5.15. The number of rotatable bonds is 6. The fourth-order valence-electron chi connectivity index (χ4n) is 4.16. The summed E-state index contributed by atoms with van der Waals surface area (Å²) in [5.41, 5.74) is -1.71. The number of benzene rings is 1. The van der Waals surface area contributed by atoms with Crippen molar-refractivity contribution >= 4 is 36.0 Å². The minimum absolute atomic E-state index is 0.0242. The summed E-state index contributed by atoms with van der Waals surface area (Å²) in [5.74, 6) is -3.83. The largest absolute Gasteiger partial charge is 0.384 e. The van der Waals surface area contributed by atoms with Crippen molar-refractivity contribution in [3.63, 3.8) is 0 Å². The van der Waals surface area contributed by atoms with E-state index >= 15 is 4.39 Å². The summed E-state index contributed by atoms with van der Waals surface area (Å²) >= 11 is 0. The monoisotopic (exact) mass is 519 g/mol. The van der Waals surface area contributed by atoms with Crippen LogP contribution in [0.15, 0.2) is 30.5 Å². The second-order valence-electron chi connectivity index (χ2n) is 9.44. The molecule has 0 aliphatic carbocycles. The average molecular weight is 520 g/mol. The van der Waals surface area contributed by atoms with E-state index in [0.717, 1.165) is 37.7 Å². The molecule has 0 atom stereocenters. The summed E-state index contributed by atoms with van der Waals surface area (Å²) in [5, 5.41) is 13.7. The number of aliphatic hydroxyl groups is 1. The third-order valence-corrected chi connectivity index (χ3v) is 8.73. The van der Waals surface area contributed by atoms with Crippen LogP contribution in [0.5, 0.6) is 0 Å². The van der Waals surface area contributed by atoms with Gasteiger partial charge in [0.25, 0.3) is 0 Å². The Morgan fingerprint density at radius 3 is 2.56 bits per heavy atom. The summed E-state index contributed by atoms with van der Waals surface area (Å²) in [6.45, 7) is 6.50. The van der Waals surface area contributed by atoms with Crippen molar-refractivity contribution in [3.05, 3.63) is 53.2 Å². The molecule has 192 valence electrons. The van der Waals surface area contributed by atoms with E-state index in [2.05, 4.69) is 20.3 Å². The van der Waals surface area contributed by atoms with E-state index in [9.17, 15) is 18.7 Å². The second-order valence-corrected chi connectivity index (χ2v) is 11.9. The molecule has 1 saturated heterocycles. The molecule has 0 bridgehead atoms. The number of hydrogen-bond donors (Lipinski definition) is 2. The van der Waals surface area contributed by atoms with Crippen molar-refractivity contribution in [2.45, 2.75) is 45.8 Å². The highest BCUT2D eigenvalue weighted by molar-refractivity contribution is 7.65. The normalized spacial score (nSPS) is 15.4. The molecule has 4 rings (SSSR count). The van der Waals surface area contributed by atoms with Crippen molar-refractivity contribution in [3.8, 4) is 0 Å². The maximum absolute atomic E-state index is 15.1. The van der Waals surface area contributed by atoms with Crippen LogP contribution in [-0.4, -0.2) is 61.9 Å². The molecule has 2 aromatic heterocycles. The molecule has 0 unspecified atom stereocenters. The Labute approximate surface area is 208 Å². The van der Waals surface area contributed by atoms with Crippen molar-refractivity contribution in [1.82, 2.24) is 19.9 Å². The number of carbonyl (C=O) groups excluding carboxylic acids is 1. The van der Waals surface area contributed by atoms with Gasteiger partial charge in [0, 0.05) is 37.5 Å². The molecule has 11 heteroatoms. The number of aryl methyl sites for hydroxylation is 1. The molecule has 1 aliphatic heterocycles. The smallest absolute Gasteiger partial charge is 0.303 e. The van der Waals surface area contributed by atoms with Gasteiger partial charge in [0.2, 0.25) is 5.91 Å². The Balaban J connectivity index is 1.61. The van der Waals surface area contributed by atoms with Gasteiger partial charge in [-0.2, -0.15) is 8.78 Å². The average Bonchev–Trinajstić information content (AvgIpc) is 2.82. The topological polar surface area (TPSA) is 91.2 Å². The van der Waals surface area contributed by atoms with E-state index in [1.807, 2.05) is 11.0 Å². The van der Waals surface area contributed by atoms with Crippen molar-refractivity contribution < 1.29 is 23.1 Å². The van der Waals surface area contributed by atoms with Gasteiger partial charge < -0.3 is 15.3 Å². The molecular formula is C25H29F3N5O2P. The molecule has 0 saturated carbocycles. The molecule has 1 fully saturated rings. The van der Waals surface area contributed by atoms with E-state index in [4.69, 9.17) is 0 Å². The predicted octanol–water partition coefficient (Wildman–Crippen LogP) is 3.92. The van der Waals surface area contributed by atoms with Gasteiger partial charge in [0.15, 0.2) is 0 Å². The molecule has 3 aromatic rings. The lowest BCUT2D eigenvalue weighted by atomic mass is 9.92. The highest BCUT2D eigenvalue weighted by Crippen LogP contribution is 2.41. The van der Waals surface area contributed by atoms with Gasteiger partial charge in [0.05, 0.1) is 22.7 Å². The third-order valence-electron chi connectivity index (χ3n) is 6.36. The lowest BCUT2D eigenvalue weighted by Crippen LogP contribution is -2.41. The maximum atomic E-state index is 15.1. The summed E-state index contributed by atoms with van der Waals surface area (Å²) in [6.07, 6.45) is 3.40. The first-order valence-corrected chi connectivity index (χ1v) is 13.4. The lowest BCUT2D eigenvalue weighted by molar-refractivity contribution is -0.170. The molecule has 0 spiro atoms. The van der Waals surface area contributed by atoms with Gasteiger partial charge in [-0.1, -0.05) is 20.1 Å². The van der Waals surface area contributed by atoms with Gasteiger partial charge in [-0.15, -0.1) is 0 Å². The quantitative estimate of drug-likeness (QED) is 0.480. The minimum Gasteiger partial charge on any atom is -0.384 e. The summed E-state index contributed by atoms with van der Waals surface area (Å²) in [6, 6.07) is 5.68. The van der Waals surface area contributed by atoms with Crippen LogP contribution in [0.1, 0.15) is 37.7 Å². The number of aromatic nitrogens is 3. The Hall–Kier alpha value is -2.84. The Morgan fingerprint density at radius 2 is 1.92 bits per heavy atom. The molecule has 3 heterocycles. The van der Waals surface area contributed by atoms with E-state index in [-0.39, 0.29) is 18.0 Å². The molecular weight excluding hydrogens is 490 g/mol. The zero-order valence-corrected chi connectivity index (χ0v) is 21.5. The first-order valence-electron chi connectivity index (χ1n) is 11.7. The first-order chi connectivity index (χ1) is 16.9. The lowest BCUT2D eigenvalue weighted by Gasteiger charge is -2.31. The Kier molecular flexibility index (Phi) is 7.21. The van der Waals surface area contributed by atoms with Gasteiger partial charge in [-0.3, -0.25) is 9.78 Å². The number of pyridine rings is 1. The number of carbonyl (C=O) groups is 1. The van der Waals surface area contributed by atoms with Crippen LogP contribution in [0.4, 0.5) is 19.0 Å². The van der Waals surface area contributed by atoms with Crippen LogP contribution in [0.3, 0.4) is 0 Å². The first kappa shape index (κ1) is 26.2. The summed E-state index contributed by atoms with van der Waals surface area (Å²) in [4.78, 5) is 27.0. The van der Waals surface area contributed by atoms with Crippen molar-refractivity contribution in [2.24, 2.45) is 0 Å². The highest BCUT2D eigenvalue weighted by Gasteiger charge is 2.49. The molecule has 36 heavy (non-hydrogen) atoms. The Bertz CT molecular complexity index is 1290. The molecule has 1 aliphatic rings. The van der Waals surface area contributed by atoms with Crippen LogP contribution in [-0.2, 0) is 17.3 Å². The number of halogens is 3. The van der Waals surface area contributed by atoms with Crippen LogP contribution in [0.25, 0.3) is 10.9 Å². The van der Waals surface area contributed by atoms with Crippen LogP contribution in [0.2, 0.25) is 0 Å². The number of nitrogens with zero attached hydrogens (tertiary/aromatic N) is 4. The van der Waals surface area contributed by atoms with Crippen molar-refractivity contribution in [2.75, 3.05) is 30.7 Å². The fraction of sp³-hybridized carbons (Fsp3) is 0.440.